The smallest absolute Gasteiger partial charge is 0.276 e. The molecule has 0 spiro atoms. The summed E-state index contributed by atoms with van der Waals surface area (Å²) in [5, 5.41) is 2.99. The van der Waals surface area contributed by atoms with Crippen molar-refractivity contribution >= 4 is 10.0 Å². The Hall–Kier alpha value is -0.890. The van der Waals surface area contributed by atoms with Gasteiger partial charge in [0, 0.05) is 19.1 Å². The van der Waals surface area contributed by atoms with Crippen LogP contribution in [0.1, 0.15) is 18.6 Å². The molecule has 1 unspecified atom stereocenters. The number of sulfonamides is 1. The van der Waals surface area contributed by atoms with E-state index < -0.39 is 10.0 Å². The van der Waals surface area contributed by atoms with Crippen molar-refractivity contribution in [2.45, 2.75) is 30.5 Å². The molecule has 2 rings (SSSR count). The summed E-state index contributed by atoms with van der Waals surface area (Å²) in [5.41, 5.74) is 0. The average molecular weight is 301 g/mol. The first-order chi connectivity index (χ1) is 9.45. The molecule has 20 heavy (non-hydrogen) atoms. The third kappa shape index (κ3) is 3.22. The lowest BCUT2D eigenvalue weighted by molar-refractivity contribution is 0.188. The third-order valence-electron chi connectivity index (χ3n) is 3.67. The van der Waals surface area contributed by atoms with Crippen LogP contribution in [0.15, 0.2) is 21.6 Å². The van der Waals surface area contributed by atoms with Crippen LogP contribution in [0, 0.1) is 0 Å². The molecule has 0 radical (unpaired) electrons. The first kappa shape index (κ1) is 15.5. The number of furan rings is 1. The minimum Gasteiger partial charge on any atom is -0.447 e. The molecule has 1 aliphatic rings. The van der Waals surface area contributed by atoms with Gasteiger partial charge >= 0.3 is 0 Å². The standard InChI is InChI=1S/C13H23N3O3S/c1-14-9-12-6-7-13(19-12)20(17,18)16-8-4-5-11(10-16)15(2)3/h6-7,11,14H,4-5,8-10H2,1-3H3. The first-order valence-corrected chi connectivity index (χ1v) is 8.29. The molecule has 7 heteroatoms. The van der Waals surface area contributed by atoms with E-state index in [0.717, 1.165) is 12.8 Å². The molecular formula is C13H23N3O3S. The van der Waals surface area contributed by atoms with E-state index in [1.807, 2.05) is 14.1 Å². The molecule has 2 heterocycles. The highest BCUT2D eigenvalue weighted by Crippen LogP contribution is 2.23. The Balaban J connectivity index is 2.16. The maximum atomic E-state index is 12.6. The van der Waals surface area contributed by atoms with Gasteiger partial charge in [0.2, 0.25) is 5.09 Å². The van der Waals surface area contributed by atoms with Crippen LogP contribution in [0.5, 0.6) is 0 Å². The third-order valence-corrected chi connectivity index (χ3v) is 5.41. The number of piperidine rings is 1. The summed E-state index contributed by atoms with van der Waals surface area (Å²) in [7, 11) is 2.25. The minimum atomic E-state index is -3.51. The van der Waals surface area contributed by atoms with E-state index in [4.69, 9.17) is 4.42 Å². The van der Waals surface area contributed by atoms with Crippen molar-refractivity contribution in [1.82, 2.24) is 14.5 Å². The Morgan fingerprint density at radius 3 is 2.85 bits per heavy atom. The molecule has 0 amide bonds. The molecule has 1 aromatic heterocycles. The summed E-state index contributed by atoms with van der Waals surface area (Å²) in [6, 6.07) is 3.52. The molecule has 1 aliphatic heterocycles. The number of nitrogens with one attached hydrogen (secondary N) is 1. The normalized spacial score (nSPS) is 21.5. The summed E-state index contributed by atoms with van der Waals surface area (Å²) in [6.07, 6.45) is 1.91. The fourth-order valence-corrected chi connectivity index (χ4v) is 3.90. The summed E-state index contributed by atoms with van der Waals surface area (Å²) in [5.74, 6) is 0.632. The summed E-state index contributed by atoms with van der Waals surface area (Å²) in [4.78, 5) is 2.08. The largest absolute Gasteiger partial charge is 0.447 e. The van der Waals surface area contributed by atoms with E-state index in [2.05, 4.69) is 10.2 Å². The van der Waals surface area contributed by atoms with Crippen molar-refractivity contribution < 1.29 is 12.8 Å². The van der Waals surface area contributed by atoms with Crippen molar-refractivity contribution in [3.63, 3.8) is 0 Å². The molecule has 1 atom stereocenters. The Labute approximate surface area is 120 Å². The van der Waals surface area contributed by atoms with Crippen LogP contribution in [0.2, 0.25) is 0 Å². The molecule has 0 aliphatic carbocycles. The lowest BCUT2D eigenvalue weighted by atomic mass is 10.1. The van der Waals surface area contributed by atoms with Crippen LogP contribution in [-0.4, -0.2) is 57.9 Å². The fourth-order valence-electron chi connectivity index (χ4n) is 2.45. The molecule has 1 aromatic rings. The quantitative estimate of drug-likeness (QED) is 0.868. The van der Waals surface area contributed by atoms with Gasteiger partial charge in [-0.1, -0.05) is 0 Å². The average Bonchev–Trinajstić information content (AvgIpc) is 2.88. The second-order valence-electron chi connectivity index (χ2n) is 5.37. The van der Waals surface area contributed by atoms with E-state index in [1.54, 1.807) is 19.2 Å². The fraction of sp³-hybridized carbons (Fsp3) is 0.692. The molecule has 0 saturated carbocycles. The summed E-state index contributed by atoms with van der Waals surface area (Å²) < 4.78 is 32.1. The van der Waals surface area contributed by atoms with Gasteiger partial charge in [0.1, 0.15) is 5.76 Å². The van der Waals surface area contributed by atoms with Gasteiger partial charge in [0.25, 0.3) is 10.0 Å². The highest BCUT2D eigenvalue weighted by atomic mass is 32.2. The van der Waals surface area contributed by atoms with Gasteiger partial charge < -0.3 is 14.6 Å². The monoisotopic (exact) mass is 301 g/mol. The van der Waals surface area contributed by atoms with Crippen molar-refractivity contribution in [3.05, 3.63) is 17.9 Å². The SMILES string of the molecule is CNCc1ccc(S(=O)(=O)N2CCCC(N(C)C)C2)o1. The van der Waals surface area contributed by atoms with Crippen LogP contribution in [0.3, 0.4) is 0 Å². The molecule has 0 bridgehead atoms. The van der Waals surface area contributed by atoms with Crippen LogP contribution >= 0.6 is 0 Å². The van der Waals surface area contributed by atoms with Crippen LogP contribution < -0.4 is 5.32 Å². The van der Waals surface area contributed by atoms with Gasteiger partial charge in [-0.15, -0.1) is 0 Å². The maximum absolute atomic E-state index is 12.6. The number of hydrogen-bond acceptors (Lipinski definition) is 5. The lowest BCUT2D eigenvalue weighted by Gasteiger charge is -2.34. The molecule has 0 aromatic carbocycles. The highest BCUT2D eigenvalue weighted by Gasteiger charge is 2.32. The number of rotatable bonds is 5. The summed E-state index contributed by atoms with van der Waals surface area (Å²) >= 11 is 0. The zero-order valence-corrected chi connectivity index (χ0v) is 13.1. The summed E-state index contributed by atoms with van der Waals surface area (Å²) in [6.45, 7) is 1.61. The van der Waals surface area contributed by atoms with Gasteiger partial charge in [-0.05, 0) is 46.1 Å². The second-order valence-corrected chi connectivity index (χ2v) is 7.24. The van der Waals surface area contributed by atoms with Gasteiger partial charge in [-0.3, -0.25) is 0 Å². The lowest BCUT2D eigenvalue weighted by Crippen LogP contribution is -2.47. The van der Waals surface area contributed by atoms with Crippen LogP contribution in [0.4, 0.5) is 0 Å². The second kappa shape index (κ2) is 6.26. The Morgan fingerprint density at radius 2 is 2.20 bits per heavy atom. The molecular weight excluding hydrogens is 278 g/mol. The first-order valence-electron chi connectivity index (χ1n) is 6.85. The molecule has 6 nitrogen and oxygen atoms in total. The molecule has 1 N–H and O–H groups in total. The zero-order chi connectivity index (χ0) is 14.8. The van der Waals surface area contributed by atoms with E-state index in [9.17, 15) is 8.42 Å². The van der Waals surface area contributed by atoms with Crippen LogP contribution in [0.25, 0.3) is 0 Å². The molecule has 1 fully saturated rings. The van der Waals surface area contributed by atoms with E-state index in [-0.39, 0.29) is 11.1 Å². The molecule has 114 valence electrons. The van der Waals surface area contributed by atoms with Crippen molar-refractivity contribution in [1.29, 1.82) is 0 Å². The predicted octanol–water partition coefficient (Wildman–Crippen LogP) is 0.714. The van der Waals surface area contributed by atoms with Crippen LogP contribution in [-0.2, 0) is 16.6 Å². The zero-order valence-electron chi connectivity index (χ0n) is 12.3. The predicted molar refractivity (Wildman–Crippen MR) is 76.9 cm³/mol. The van der Waals surface area contributed by atoms with Crippen molar-refractivity contribution in [2.24, 2.45) is 0 Å². The Kier molecular flexibility index (Phi) is 4.85. The van der Waals surface area contributed by atoms with E-state index >= 15 is 0 Å². The number of nitrogens with zero attached hydrogens (tertiary/aromatic N) is 2. The van der Waals surface area contributed by atoms with Gasteiger partial charge in [-0.25, -0.2) is 8.42 Å². The van der Waals surface area contributed by atoms with Crippen molar-refractivity contribution in [3.8, 4) is 0 Å². The van der Waals surface area contributed by atoms with Gasteiger partial charge in [0.15, 0.2) is 0 Å². The Bertz CT molecular complexity index is 539. The maximum Gasteiger partial charge on any atom is 0.276 e. The number of hydrogen-bond donors (Lipinski definition) is 1. The van der Waals surface area contributed by atoms with Crippen molar-refractivity contribution in [2.75, 3.05) is 34.2 Å². The Morgan fingerprint density at radius 1 is 1.45 bits per heavy atom. The highest BCUT2D eigenvalue weighted by molar-refractivity contribution is 7.89. The van der Waals surface area contributed by atoms with E-state index in [0.29, 0.717) is 25.4 Å². The van der Waals surface area contributed by atoms with E-state index in [1.165, 1.54) is 4.31 Å². The molecule has 1 saturated heterocycles. The minimum absolute atomic E-state index is 0.0437. The topological polar surface area (TPSA) is 65.8 Å². The van der Waals surface area contributed by atoms with Gasteiger partial charge in [0.05, 0.1) is 6.54 Å². The van der Waals surface area contributed by atoms with Gasteiger partial charge in [-0.2, -0.15) is 4.31 Å². The number of likely N-dealkylation sites (N-methyl/N-ethyl adjacent to an activating group) is 1.